The number of hydrogen-bond donors (Lipinski definition) is 2. The lowest BCUT2D eigenvalue weighted by Gasteiger charge is -2.27. The Bertz CT molecular complexity index is 997. The molecule has 3 aromatic rings. The minimum Gasteiger partial charge on any atom is -0.378 e. The molecule has 0 radical (unpaired) electrons. The van der Waals surface area contributed by atoms with Crippen LogP contribution in [0.5, 0.6) is 0 Å². The molecule has 1 aromatic heterocycles. The van der Waals surface area contributed by atoms with E-state index in [0.717, 1.165) is 11.1 Å². The van der Waals surface area contributed by atoms with Crippen molar-refractivity contribution < 1.29 is 9.13 Å². The fraction of sp³-hybridized carbons (Fsp3) is 0.286. The highest BCUT2D eigenvalue weighted by molar-refractivity contribution is 5.80. The van der Waals surface area contributed by atoms with Crippen LogP contribution in [0.3, 0.4) is 0 Å². The molecule has 1 atom stereocenters. The molecule has 1 saturated heterocycles. The number of halogens is 1. The molecule has 150 valence electrons. The van der Waals surface area contributed by atoms with E-state index in [1.165, 1.54) is 0 Å². The third-order valence-electron chi connectivity index (χ3n) is 5.03. The Morgan fingerprint density at radius 2 is 1.97 bits per heavy atom. The van der Waals surface area contributed by atoms with Crippen LogP contribution in [0.25, 0.3) is 11.1 Å². The summed E-state index contributed by atoms with van der Waals surface area (Å²) in [4.78, 5) is 10.6. The van der Waals surface area contributed by atoms with Crippen LogP contribution < -0.4 is 5.73 Å². The van der Waals surface area contributed by atoms with E-state index >= 15 is 0 Å². The fourth-order valence-corrected chi connectivity index (χ4v) is 3.28. The molecular weight excluding hydrogens is 371 g/mol. The lowest BCUT2D eigenvalue weighted by Crippen LogP contribution is -2.44. The zero-order chi connectivity index (χ0) is 20.2. The molecule has 1 aliphatic heterocycles. The quantitative estimate of drug-likeness (QED) is 0.524. The van der Waals surface area contributed by atoms with Crippen molar-refractivity contribution in [2.24, 2.45) is 10.7 Å². The van der Waals surface area contributed by atoms with Gasteiger partial charge >= 0.3 is 0 Å². The summed E-state index contributed by atoms with van der Waals surface area (Å²) < 4.78 is 20.0. The van der Waals surface area contributed by atoms with Crippen molar-refractivity contribution in [3.05, 3.63) is 65.7 Å². The molecule has 1 fully saturated rings. The van der Waals surface area contributed by atoms with Crippen molar-refractivity contribution in [1.29, 1.82) is 0 Å². The second-order valence-corrected chi connectivity index (χ2v) is 6.92. The lowest BCUT2D eigenvalue weighted by molar-refractivity contribution is 0.0675. The number of nitrogens with one attached hydrogen (secondary N) is 1. The predicted molar refractivity (Wildman–Crippen MR) is 109 cm³/mol. The molecule has 0 amide bonds. The van der Waals surface area contributed by atoms with Gasteiger partial charge in [-0.15, -0.1) is 5.10 Å². The SMILES string of the molecule is CC(c1ccc(-c2ccccc2)c(F)c1)c1nc(N=C(N)N2CCOCC2)n[nH]1. The maximum Gasteiger partial charge on any atom is 0.271 e. The summed E-state index contributed by atoms with van der Waals surface area (Å²) in [5.41, 5.74) is 8.26. The van der Waals surface area contributed by atoms with Gasteiger partial charge in [-0.3, -0.25) is 5.10 Å². The first-order valence-corrected chi connectivity index (χ1v) is 9.56. The summed E-state index contributed by atoms with van der Waals surface area (Å²) in [6, 6.07) is 14.7. The maximum absolute atomic E-state index is 14.7. The number of nitrogens with zero attached hydrogens (tertiary/aromatic N) is 4. The van der Waals surface area contributed by atoms with Crippen LogP contribution in [0.2, 0.25) is 0 Å². The molecule has 0 saturated carbocycles. The van der Waals surface area contributed by atoms with Crippen molar-refractivity contribution >= 4 is 11.9 Å². The number of aromatic amines is 1. The first-order valence-electron chi connectivity index (χ1n) is 9.56. The number of benzene rings is 2. The topological polar surface area (TPSA) is 92.4 Å². The van der Waals surface area contributed by atoms with Crippen molar-refractivity contribution in [1.82, 2.24) is 20.1 Å². The fourth-order valence-electron chi connectivity index (χ4n) is 3.28. The van der Waals surface area contributed by atoms with E-state index in [9.17, 15) is 4.39 Å². The molecule has 1 aliphatic rings. The summed E-state index contributed by atoms with van der Waals surface area (Å²) in [5.74, 6) is 0.789. The second kappa shape index (κ2) is 8.40. The molecule has 0 spiro atoms. The Morgan fingerprint density at radius 3 is 2.69 bits per heavy atom. The van der Waals surface area contributed by atoms with Gasteiger partial charge in [0.1, 0.15) is 11.6 Å². The average Bonchev–Trinajstić information content (AvgIpc) is 3.23. The maximum atomic E-state index is 14.7. The molecule has 7 nitrogen and oxygen atoms in total. The van der Waals surface area contributed by atoms with Crippen LogP contribution in [0.4, 0.5) is 10.3 Å². The van der Waals surface area contributed by atoms with Crippen molar-refractivity contribution in [2.45, 2.75) is 12.8 Å². The molecule has 4 rings (SSSR count). The van der Waals surface area contributed by atoms with Crippen molar-refractivity contribution in [2.75, 3.05) is 26.3 Å². The number of guanidine groups is 1. The number of rotatable bonds is 4. The average molecular weight is 394 g/mol. The molecule has 2 heterocycles. The summed E-state index contributed by atoms with van der Waals surface area (Å²) in [6.45, 7) is 4.57. The van der Waals surface area contributed by atoms with Gasteiger partial charge in [-0.25, -0.2) is 4.39 Å². The number of aliphatic imine (C=N–C) groups is 1. The molecule has 29 heavy (non-hydrogen) atoms. The number of morpholine rings is 1. The molecule has 3 N–H and O–H groups in total. The van der Waals surface area contributed by atoms with E-state index in [1.54, 1.807) is 12.1 Å². The smallest absolute Gasteiger partial charge is 0.271 e. The summed E-state index contributed by atoms with van der Waals surface area (Å²) in [6.07, 6.45) is 0. The van der Waals surface area contributed by atoms with Crippen LogP contribution in [0.1, 0.15) is 24.2 Å². The van der Waals surface area contributed by atoms with E-state index in [0.29, 0.717) is 43.7 Å². The lowest BCUT2D eigenvalue weighted by atomic mass is 9.96. The molecule has 8 heteroatoms. The summed E-state index contributed by atoms with van der Waals surface area (Å²) >= 11 is 0. The zero-order valence-electron chi connectivity index (χ0n) is 16.2. The van der Waals surface area contributed by atoms with E-state index in [2.05, 4.69) is 20.2 Å². The Hall–Kier alpha value is -3.26. The van der Waals surface area contributed by atoms with Gasteiger partial charge in [0.25, 0.3) is 5.95 Å². The largest absolute Gasteiger partial charge is 0.378 e. The third-order valence-corrected chi connectivity index (χ3v) is 5.03. The number of ether oxygens (including phenoxy) is 1. The number of aromatic nitrogens is 3. The van der Waals surface area contributed by atoms with Crippen LogP contribution in [-0.4, -0.2) is 52.3 Å². The van der Waals surface area contributed by atoms with Crippen molar-refractivity contribution in [3.8, 4) is 11.1 Å². The Balaban J connectivity index is 1.51. The van der Waals surface area contributed by atoms with Gasteiger partial charge in [0, 0.05) is 24.6 Å². The van der Waals surface area contributed by atoms with Gasteiger partial charge in [-0.2, -0.15) is 9.98 Å². The highest BCUT2D eigenvalue weighted by Crippen LogP contribution is 2.28. The van der Waals surface area contributed by atoms with Gasteiger partial charge in [0.05, 0.1) is 13.2 Å². The van der Waals surface area contributed by atoms with Gasteiger partial charge in [-0.05, 0) is 17.2 Å². The highest BCUT2D eigenvalue weighted by atomic mass is 19.1. The zero-order valence-corrected chi connectivity index (χ0v) is 16.2. The van der Waals surface area contributed by atoms with Gasteiger partial charge in [-0.1, -0.05) is 49.4 Å². The van der Waals surface area contributed by atoms with Gasteiger partial charge in [0.15, 0.2) is 5.96 Å². The van der Waals surface area contributed by atoms with Crippen LogP contribution in [-0.2, 0) is 4.74 Å². The van der Waals surface area contributed by atoms with E-state index in [4.69, 9.17) is 10.5 Å². The predicted octanol–water partition coefficient (Wildman–Crippen LogP) is 3.04. The van der Waals surface area contributed by atoms with E-state index < -0.39 is 0 Å². The van der Waals surface area contributed by atoms with E-state index in [1.807, 2.05) is 48.2 Å². The molecule has 0 bridgehead atoms. The third kappa shape index (κ3) is 4.27. The molecule has 0 aliphatic carbocycles. The Kier molecular flexibility index (Phi) is 5.53. The summed E-state index contributed by atoms with van der Waals surface area (Å²) in [5, 5.41) is 7.02. The number of nitrogens with two attached hydrogens (primary N) is 1. The Labute approximate surface area is 168 Å². The summed E-state index contributed by atoms with van der Waals surface area (Å²) in [7, 11) is 0. The normalized spacial score (nSPS) is 16.1. The number of H-pyrrole nitrogens is 1. The molecular formula is C21H23FN6O. The van der Waals surface area contributed by atoms with Gasteiger partial charge in [0.2, 0.25) is 0 Å². The number of hydrogen-bond acceptors (Lipinski definition) is 4. The second-order valence-electron chi connectivity index (χ2n) is 6.92. The molecule has 2 aromatic carbocycles. The monoisotopic (exact) mass is 394 g/mol. The first-order chi connectivity index (χ1) is 14.1. The van der Waals surface area contributed by atoms with Gasteiger partial charge < -0.3 is 15.4 Å². The van der Waals surface area contributed by atoms with E-state index in [-0.39, 0.29) is 17.7 Å². The van der Waals surface area contributed by atoms with Crippen LogP contribution >= 0.6 is 0 Å². The highest BCUT2D eigenvalue weighted by Gasteiger charge is 2.17. The Morgan fingerprint density at radius 1 is 1.21 bits per heavy atom. The first kappa shape index (κ1) is 19.1. The minimum atomic E-state index is -0.269. The van der Waals surface area contributed by atoms with Crippen molar-refractivity contribution in [3.63, 3.8) is 0 Å². The minimum absolute atomic E-state index is 0.171. The van der Waals surface area contributed by atoms with Crippen LogP contribution in [0.15, 0.2) is 53.5 Å². The molecule has 1 unspecified atom stereocenters. The standard InChI is InChI=1S/C21H23FN6O/c1-14(16-7-8-17(18(22)13-16)15-5-3-2-4-6-15)19-24-21(27-26-19)25-20(23)28-9-11-29-12-10-28/h2-8,13-14H,9-12H2,1H3,(H3,23,24,25,26,27). The van der Waals surface area contributed by atoms with Crippen LogP contribution in [0, 0.1) is 5.82 Å².